The molecule has 29 heavy (non-hydrogen) atoms. The second-order valence-electron chi connectivity index (χ2n) is 8.88. The molecule has 2 nitrogen and oxygen atoms in total. The maximum absolute atomic E-state index is 4.26. The van der Waals surface area contributed by atoms with E-state index in [1.54, 1.807) is 0 Å². The smallest absolute Gasteiger partial charge is 0.0948 e. The molecular formula is C27H44N2. The Balaban J connectivity index is 1.61. The molecule has 2 aromatic rings. The summed E-state index contributed by atoms with van der Waals surface area (Å²) in [5.74, 6) is 0.676. The van der Waals surface area contributed by atoms with E-state index >= 15 is 0 Å². The highest BCUT2D eigenvalue weighted by molar-refractivity contribution is 5.15. The third kappa shape index (κ3) is 10.1. The van der Waals surface area contributed by atoms with Gasteiger partial charge in [0.1, 0.15) is 0 Å². The van der Waals surface area contributed by atoms with Crippen molar-refractivity contribution < 1.29 is 0 Å². The highest BCUT2D eigenvalue weighted by atomic mass is 15.0. The van der Waals surface area contributed by atoms with Crippen molar-refractivity contribution in [1.29, 1.82) is 0 Å². The molecule has 0 fully saturated rings. The fraction of sp³-hybridized carbons (Fsp3) is 0.667. The van der Waals surface area contributed by atoms with Crippen LogP contribution in [0.25, 0.3) is 0 Å². The molecule has 0 saturated heterocycles. The lowest BCUT2D eigenvalue weighted by atomic mass is 9.88. The molecule has 2 rings (SSSR count). The minimum atomic E-state index is 0.505. The van der Waals surface area contributed by atoms with E-state index in [-0.39, 0.29) is 0 Å². The van der Waals surface area contributed by atoms with Crippen LogP contribution in [0.5, 0.6) is 0 Å². The van der Waals surface area contributed by atoms with Crippen LogP contribution in [0.4, 0.5) is 0 Å². The maximum atomic E-state index is 4.26. The SMILES string of the molecule is CCCCCCCCCCCCCCC(Cc1ccccc1)C(C)n1ccnc1. The van der Waals surface area contributed by atoms with Crippen molar-refractivity contribution in [2.45, 2.75) is 110 Å². The summed E-state index contributed by atoms with van der Waals surface area (Å²) in [5.41, 5.74) is 1.46. The first-order valence-electron chi connectivity index (χ1n) is 12.3. The molecule has 2 unspecified atom stereocenters. The quantitative estimate of drug-likeness (QED) is 0.245. The van der Waals surface area contributed by atoms with Gasteiger partial charge in [0.25, 0.3) is 0 Å². The zero-order chi connectivity index (χ0) is 20.6. The molecule has 0 amide bonds. The van der Waals surface area contributed by atoms with Gasteiger partial charge in [-0.1, -0.05) is 114 Å². The molecule has 0 aliphatic carbocycles. The lowest BCUT2D eigenvalue weighted by Crippen LogP contribution is -2.18. The van der Waals surface area contributed by atoms with Crippen LogP contribution < -0.4 is 0 Å². The van der Waals surface area contributed by atoms with Crippen molar-refractivity contribution in [1.82, 2.24) is 9.55 Å². The van der Waals surface area contributed by atoms with Crippen molar-refractivity contribution in [2.24, 2.45) is 5.92 Å². The second-order valence-corrected chi connectivity index (χ2v) is 8.88. The second kappa shape index (κ2) is 15.3. The molecule has 1 heterocycles. The van der Waals surface area contributed by atoms with Gasteiger partial charge >= 0.3 is 0 Å². The van der Waals surface area contributed by atoms with Crippen molar-refractivity contribution in [3.05, 3.63) is 54.6 Å². The predicted octanol–water partition coefficient (Wildman–Crippen LogP) is 8.39. The van der Waals surface area contributed by atoms with Crippen molar-refractivity contribution in [2.75, 3.05) is 0 Å². The van der Waals surface area contributed by atoms with E-state index in [0.29, 0.717) is 12.0 Å². The van der Waals surface area contributed by atoms with Crippen LogP contribution in [0.15, 0.2) is 49.1 Å². The summed E-state index contributed by atoms with van der Waals surface area (Å²) in [7, 11) is 0. The van der Waals surface area contributed by atoms with Gasteiger partial charge in [-0.2, -0.15) is 0 Å². The number of rotatable bonds is 17. The lowest BCUT2D eigenvalue weighted by molar-refractivity contribution is 0.318. The Morgan fingerprint density at radius 1 is 0.793 bits per heavy atom. The third-order valence-electron chi connectivity index (χ3n) is 6.45. The van der Waals surface area contributed by atoms with Gasteiger partial charge in [0.2, 0.25) is 0 Å². The van der Waals surface area contributed by atoms with Crippen LogP contribution >= 0.6 is 0 Å². The van der Waals surface area contributed by atoms with E-state index in [1.807, 2.05) is 12.5 Å². The Hall–Kier alpha value is -1.57. The van der Waals surface area contributed by atoms with Crippen LogP contribution in [0.2, 0.25) is 0 Å². The molecule has 0 spiro atoms. The van der Waals surface area contributed by atoms with E-state index in [2.05, 4.69) is 59.9 Å². The molecule has 1 aromatic heterocycles. The highest BCUT2D eigenvalue weighted by Gasteiger charge is 2.18. The topological polar surface area (TPSA) is 17.8 Å². The number of unbranched alkanes of at least 4 members (excludes halogenated alkanes) is 11. The highest BCUT2D eigenvalue weighted by Crippen LogP contribution is 2.27. The van der Waals surface area contributed by atoms with E-state index in [1.165, 1.54) is 89.0 Å². The van der Waals surface area contributed by atoms with Crippen LogP contribution in [-0.4, -0.2) is 9.55 Å². The minimum Gasteiger partial charge on any atom is -0.334 e. The Kier molecular flexibility index (Phi) is 12.5. The molecule has 0 saturated carbocycles. The summed E-state index contributed by atoms with van der Waals surface area (Å²) < 4.78 is 2.29. The number of aromatic nitrogens is 2. The molecule has 0 N–H and O–H groups in total. The number of hydrogen-bond donors (Lipinski definition) is 0. The van der Waals surface area contributed by atoms with E-state index in [4.69, 9.17) is 0 Å². The van der Waals surface area contributed by atoms with Gasteiger partial charge in [-0.15, -0.1) is 0 Å². The van der Waals surface area contributed by atoms with Gasteiger partial charge < -0.3 is 4.57 Å². The number of benzene rings is 1. The first-order valence-corrected chi connectivity index (χ1v) is 12.3. The Morgan fingerprint density at radius 3 is 1.93 bits per heavy atom. The number of imidazole rings is 1. The minimum absolute atomic E-state index is 0.505. The maximum Gasteiger partial charge on any atom is 0.0948 e. The van der Waals surface area contributed by atoms with Crippen LogP contribution in [0.3, 0.4) is 0 Å². The molecular weight excluding hydrogens is 352 g/mol. The molecule has 1 aromatic carbocycles. The molecule has 2 atom stereocenters. The van der Waals surface area contributed by atoms with Gasteiger partial charge in [0, 0.05) is 18.4 Å². The normalized spacial score (nSPS) is 13.4. The zero-order valence-electron chi connectivity index (χ0n) is 19.1. The van der Waals surface area contributed by atoms with Crippen LogP contribution in [0.1, 0.15) is 109 Å². The lowest BCUT2D eigenvalue weighted by Gasteiger charge is -2.25. The van der Waals surface area contributed by atoms with Crippen LogP contribution in [-0.2, 0) is 6.42 Å². The summed E-state index contributed by atoms with van der Waals surface area (Å²) >= 11 is 0. The van der Waals surface area contributed by atoms with Gasteiger partial charge in [-0.05, 0) is 31.2 Å². The Labute approximate surface area is 180 Å². The molecule has 162 valence electrons. The summed E-state index contributed by atoms with van der Waals surface area (Å²) in [6.07, 6.45) is 25.5. The monoisotopic (exact) mass is 396 g/mol. The van der Waals surface area contributed by atoms with Gasteiger partial charge in [-0.25, -0.2) is 4.98 Å². The van der Waals surface area contributed by atoms with E-state index < -0.39 is 0 Å². The predicted molar refractivity (Wildman–Crippen MR) is 126 cm³/mol. The first kappa shape index (κ1) is 23.7. The van der Waals surface area contributed by atoms with Crippen molar-refractivity contribution in [3.8, 4) is 0 Å². The third-order valence-corrected chi connectivity index (χ3v) is 6.45. The first-order chi connectivity index (χ1) is 14.3. The molecule has 2 heteroatoms. The zero-order valence-corrected chi connectivity index (χ0v) is 19.1. The molecule has 0 aliphatic rings. The molecule has 0 aliphatic heterocycles. The van der Waals surface area contributed by atoms with Crippen molar-refractivity contribution in [3.63, 3.8) is 0 Å². The van der Waals surface area contributed by atoms with E-state index in [0.717, 1.165) is 6.42 Å². The summed E-state index contributed by atoms with van der Waals surface area (Å²) in [6.45, 7) is 4.65. The average Bonchev–Trinajstić information content (AvgIpc) is 3.29. The van der Waals surface area contributed by atoms with Gasteiger partial charge in [0.15, 0.2) is 0 Å². The Bertz CT molecular complexity index is 590. The molecule has 0 radical (unpaired) electrons. The summed E-state index contributed by atoms with van der Waals surface area (Å²) in [6, 6.07) is 11.5. The van der Waals surface area contributed by atoms with Gasteiger partial charge in [-0.3, -0.25) is 0 Å². The van der Waals surface area contributed by atoms with Gasteiger partial charge in [0.05, 0.1) is 6.33 Å². The van der Waals surface area contributed by atoms with E-state index in [9.17, 15) is 0 Å². The number of hydrogen-bond acceptors (Lipinski definition) is 1. The fourth-order valence-electron chi connectivity index (χ4n) is 4.43. The standard InChI is InChI=1S/C27H44N2/c1-3-4-5-6-7-8-9-10-11-12-13-17-20-27(23-26-18-15-14-16-19-26)25(2)29-22-21-28-24-29/h14-16,18-19,21-22,24-25,27H,3-13,17,20,23H2,1-2H3. The van der Waals surface area contributed by atoms with Crippen molar-refractivity contribution >= 4 is 0 Å². The average molecular weight is 397 g/mol. The molecule has 0 bridgehead atoms. The number of nitrogens with zero attached hydrogens (tertiary/aromatic N) is 2. The fourth-order valence-corrected chi connectivity index (χ4v) is 4.43. The van der Waals surface area contributed by atoms with Crippen LogP contribution in [0, 0.1) is 5.92 Å². The largest absolute Gasteiger partial charge is 0.334 e. The summed E-state index contributed by atoms with van der Waals surface area (Å²) in [5, 5.41) is 0. The Morgan fingerprint density at radius 2 is 1.38 bits per heavy atom. The summed E-state index contributed by atoms with van der Waals surface area (Å²) in [4.78, 5) is 4.26.